The van der Waals surface area contributed by atoms with Crippen LogP contribution in [0.15, 0.2) is 171 Å². The number of Topliss-reactive ketones (excluding diaryl/α,β-unsaturated/α-hetero) is 1. The second-order valence-corrected chi connectivity index (χ2v) is 21.3. The molecular formula is C71H72F3N21O7. The zero-order valence-electron chi connectivity index (χ0n) is 55.2. The van der Waals surface area contributed by atoms with Crippen LogP contribution in [-0.4, -0.2) is 149 Å². The van der Waals surface area contributed by atoms with E-state index in [1.54, 1.807) is 85.8 Å². The van der Waals surface area contributed by atoms with Crippen LogP contribution in [0.25, 0.3) is 67.1 Å². The molecule has 0 fully saturated rings. The van der Waals surface area contributed by atoms with Gasteiger partial charge in [0.2, 0.25) is 0 Å². The van der Waals surface area contributed by atoms with Gasteiger partial charge in [-0.3, -0.25) is 14.8 Å². The number of hydrogen-bond donors (Lipinski definition) is 12. The molecule has 102 heavy (non-hydrogen) atoms. The van der Waals surface area contributed by atoms with Gasteiger partial charge in [0.05, 0.1) is 112 Å². The molecule has 28 nitrogen and oxygen atoms in total. The molecule has 8 aromatic heterocycles. The van der Waals surface area contributed by atoms with Gasteiger partial charge in [-0.15, -0.1) is 0 Å². The highest BCUT2D eigenvalue weighted by atomic mass is 19.1. The molecule has 0 saturated carbocycles. The number of halogens is 3. The number of carbonyl (C=O) groups excluding carboxylic acids is 1. The number of fused-ring (bicyclic) bond motifs is 2. The number of benzene rings is 4. The van der Waals surface area contributed by atoms with Crippen molar-refractivity contribution in [2.24, 2.45) is 25.6 Å². The summed E-state index contributed by atoms with van der Waals surface area (Å²) in [5.74, 6) is -3.08. The molecule has 31 heteroatoms. The molecule has 0 bridgehead atoms. The van der Waals surface area contributed by atoms with Crippen LogP contribution in [0.1, 0.15) is 50.2 Å². The van der Waals surface area contributed by atoms with Gasteiger partial charge in [-0.25, -0.2) is 57.8 Å². The lowest BCUT2D eigenvalue weighted by Gasteiger charge is -2.14. The molecule has 0 unspecified atom stereocenters. The summed E-state index contributed by atoms with van der Waals surface area (Å²) in [6.45, 7) is 2.35. The number of nitriles is 2. The van der Waals surface area contributed by atoms with Crippen molar-refractivity contribution in [3.63, 3.8) is 0 Å². The summed E-state index contributed by atoms with van der Waals surface area (Å²) in [4.78, 5) is 67.0. The monoisotopic (exact) mass is 1390 g/mol. The van der Waals surface area contributed by atoms with E-state index in [4.69, 9.17) is 58.9 Å². The lowest BCUT2D eigenvalue weighted by molar-refractivity contribution is 0.0691. The van der Waals surface area contributed by atoms with E-state index in [0.717, 1.165) is 44.7 Å². The van der Waals surface area contributed by atoms with Crippen LogP contribution in [-0.2, 0) is 27.1 Å². The number of aliphatic hydroxyl groups excluding tert-OH is 4. The van der Waals surface area contributed by atoms with Gasteiger partial charge in [0.25, 0.3) is 0 Å². The molecule has 8 heterocycles. The van der Waals surface area contributed by atoms with E-state index in [0.29, 0.717) is 95.7 Å². The van der Waals surface area contributed by atoms with Gasteiger partial charge in [-0.1, -0.05) is 12.1 Å². The average molecular weight is 1390 g/mol. The SMILES string of the molecule is Cn1cnc2ccc(-c3nc(C(=O)CCc4ncccc4NCCO)c(N)nc3-c3ccc(F)cc3)cc21.Cn1cnc2ccc(-c3nc(C(=O)O)c(N)nc3-c3ccc(F)cc3)cc21.N#Cc1ncccc1F.N#Cc1ncccc1NCCO.NCCO.NCc1ncccc1NCCO. The Morgan fingerprint density at radius 2 is 0.902 bits per heavy atom. The van der Waals surface area contributed by atoms with Crippen LogP contribution >= 0.6 is 0 Å². The molecule has 0 aliphatic heterocycles. The molecule has 0 amide bonds. The summed E-state index contributed by atoms with van der Waals surface area (Å²) >= 11 is 0. The van der Waals surface area contributed by atoms with Crippen molar-refractivity contribution < 1.29 is 48.3 Å². The smallest absolute Gasteiger partial charge is 0.358 e. The third-order valence-electron chi connectivity index (χ3n) is 14.3. The number of nitrogen functional groups attached to an aromatic ring is 2. The van der Waals surface area contributed by atoms with Crippen molar-refractivity contribution in [1.82, 2.24) is 59.0 Å². The molecule has 524 valence electrons. The van der Waals surface area contributed by atoms with Gasteiger partial charge < -0.3 is 73.6 Å². The Labute approximate surface area is 582 Å². The first kappa shape index (κ1) is 76.6. The summed E-state index contributed by atoms with van der Waals surface area (Å²) < 4.78 is 43.0. The van der Waals surface area contributed by atoms with Gasteiger partial charge in [-0.05, 0) is 128 Å². The number of nitrogens with one attached hydrogen (secondary N) is 3. The largest absolute Gasteiger partial charge is 0.476 e. The Morgan fingerprint density at radius 3 is 1.34 bits per heavy atom. The van der Waals surface area contributed by atoms with E-state index < -0.39 is 11.8 Å². The van der Waals surface area contributed by atoms with Crippen LogP contribution in [0.4, 0.5) is 41.9 Å². The van der Waals surface area contributed by atoms with E-state index in [-0.39, 0.29) is 79.0 Å². The van der Waals surface area contributed by atoms with Gasteiger partial charge >= 0.3 is 5.97 Å². The number of anilines is 5. The first-order valence-electron chi connectivity index (χ1n) is 31.2. The van der Waals surface area contributed by atoms with Crippen molar-refractivity contribution in [2.45, 2.75) is 19.4 Å². The maximum absolute atomic E-state index is 13.6. The van der Waals surface area contributed by atoms with Crippen LogP contribution in [0, 0.1) is 40.1 Å². The maximum atomic E-state index is 13.6. The number of hydrogen-bond acceptors (Lipinski definition) is 25. The van der Waals surface area contributed by atoms with Crippen LogP contribution < -0.4 is 38.9 Å². The molecule has 0 radical (unpaired) electrons. The Kier molecular flexibility index (Phi) is 29.3. The molecule has 16 N–H and O–H groups in total. The molecule has 12 rings (SSSR count). The summed E-state index contributed by atoms with van der Waals surface area (Å²) in [6, 6.07) is 39.8. The Balaban J connectivity index is 0.000000196. The normalized spacial score (nSPS) is 10.3. The topological polar surface area (TPSA) is 462 Å². The number of imidazole rings is 2. The highest BCUT2D eigenvalue weighted by Crippen LogP contribution is 2.35. The number of aromatic carboxylic acids is 1. The summed E-state index contributed by atoms with van der Waals surface area (Å²) in [7, 11) is 3.75. The number of nitrogens with two attached hydrogens (primary N) is 4. The second kappa shape index (κ2) is 39.0. The second-order valence-electron chi connectivity index (χ2n) is 21.3. The van der Waals surface area contributed by atoms with E-state index in [1.807, 2.05) is 77.8 Å². The third kappa shape index (κ3) is 21.1. The molecule has 0 spiro atoms. The van der Waals surface area contributed by atoms with Gasteiger partial charge in [-0.2, -0.15) is 10.5 Å². The lowest BCUT2D eigenvalue weighted by Crippen LogP contribution is -2.13. The van der Waals surface area contributed by atoms with E-state index in [9.17, 15) is 27.9 Å². The number of carbonyl (C=O) groups is 2. The molecule has 12 aromatic rings. The minimum absolute atomic E-state index is 0.000615. The van der Waals surface area contributed by atoms with E-state index >= 15 is 0 Å². The first-order valence-corrected chi connectivity index (χ1v) is 31.2. The standard InChI is InChI=1S/C28H26FN7O2.C19H14FN5O2.C8H13N3O.C8H9N3O.C6H3FN2.C2H7NO/c1-36-16-33-22-9-6-18(15-23(22)36)26-25(17-4-7-19(29)8-5-17)35-28(30)27(34-26)24(38)11-10-21-20(32-13-14-37)3-2-12-31-21;1-25-9-22-13-7-4-11(8-14(13)25)16-15(10-2-5-12(20)6-3-10)24-18(21)17(23-16)19(26)27;2*9-6-8-7(11-4-5-12)2-1-3-10-8;7-5-2-1-3-9-6(5)4-8;3-1-2-4/h2-9,12,15-16,32,37H,10-11,13-14H2,1H3,(H2,30,35);2-9H,1H3,(H2,21,24)(H,26,27);1-3,11-12H,4-6,9H2;1-3,11-12H,4-5H2;1-3H;4H,1-3H2. The third-order valence-corrected chi connectivity index (χ3v) is 14.3. The number of nitrogens with zero attached hydrogens (tertiary/aromatic N) is 14. The number of ketones is 1. The number of aryl methyl sites for hydroxylation is 3. The fourth-order valence-corrected chi connectivity index (χ4v) is 9.41. The van der Waals surface area contributed by atoms with Crippen LogP contribution in [0.5, 0.6) is 0 Å². The first-order chi connectivity index (χ1) is 49.4. The number of carboxylic acid groups (broad SMARTS) is 1. The Morgan fingerprint density at radius 1 is 0.500 bits per heavy atom. The number of carboxylic acids is 1. The predicted molar refractivity (Wildman–Crippen MR) is 380 cm³/mol. The summed E-state index contributed by atoms with van der Waals surface area (Å²) in [6.07, 6.45) is 10.2. The summed E-state index contributed by atoms with van der Waals surface area (Å²) in [5.41, 5.74) is 33.6. The van der Waals surface area contributed by atoms with Crippen LogP contribution in [0.2, 0.25) is 0 Å². The number of pyridine rings is 4. The maximum Gasteiger partial charge on any atom is 0.358 e. The zero-order chi connectivity index (χ0) is 73.5. The number of rotatable bonds is 20. The van der Waals surface area contributed by atoms with Gasteiger partial charge in [0.15, 0.2) is 40.3 Å². The van der Waals surface area contributed by atoms with E-state index in [1.165, 1.54) is 42.6 Å². The predicted octanol–water partition coefficient (Wildman–Crippen LogP) is 7.48. The van der Waals surface area contributed by atoms with Crippen molar-refractivity contribution in [2.75, 3.05) is 80.0 Å². The Bertz CT molecular complexity index is 4840. The highest BCUT2D eigenvalue weighted by molar-refractivity contribution is 6.00. The highest BCUT2D eigenvalue weighted by Gasteiger charge is 2.23. The molecule has 0 aliphatic rings. The molecule has 4 aromatic carbocycles. The van der Waals surface area contributed by atoms with Gasteiger partial charge in [0.1, 0.15) is 29.5 Å². The van der Waals surface area contributed by atoms with Crippen molar-refractivity contribution in [3.05, 3.63) is 223 Å². The van der Waals surface area contributed by atoms with Gasteiger partial charge in [0, 0.05) is 100 Å². The summed E-state index contributed by atoms with van der Waals surface area (Å²) in [5, 5.41) is 69.1. The lowest BCUT2D eigenvalue weighted by atomic mass is 10.0. The number of aromatic nitrogens is 12. The molecular weight excluding hydrogens is 1320 g/mol. The van der Waals surface area contributed by atoms with Crippen LogP contribution in [0.3, 0.4) is 0 Å². The zero-order valence-corrected chi connectivity index (χ0v) is 55.2. The molecule has 0 aliphatic carbocycles. The molecule has 0 saturated heterocycles. The minimum Gasteiger partial charge on any atom is -0.476 e. The number of aliphatic hydroxyl groups is 4. The fourth-order valence-electron chi connectivity index (χ4n) is 9.41. The van der Waals surface area contributed by atoms with Crippen molar-refractivity contribution >= 4 is 62.5 Å². The van der Waals surface area contributed by atoms with Crippen molar-refractivity contribution in [3.8, 4) is 57.2 Å². The van der Waals surface area contributed by atoms with E-state index in [2.05, 4.69) is 60.8 Å². The quantitative estimate of drug-likeness (QED) is 0.0329. The van der Waals surface area contributed by atoms with Crippen molar-refractivity contribution in [1.29, 1.82) is 10.5 Å². The molecule has 0 atom stereocenters. The minimum atomic E-state index is -1.27. The average Bonchev–Trinajstić information content (AvgIpc) is 1.65. The Hall–Kier alpha value is -12.8. The fraction of sp³-hybridized carbons (Fsp3) is 0.183.